The molecule has 0 radical (unpaired) electrons. The third-order valence-corrected chi connectivity index (χ3v) is 4.64. The molecule has 0 saturated heterocycles. The fourth-order valence-electron chi connectivity index (χ4n) is 3.37. The SMILES string of the molecule is COC(=O)c1ccc2c(c1)C(CC(=O)O)c1ccc(C)c(C)c1-2. The molecule has 1 atom stereocenters. The quantitative estimate of drug-likeness (QED) is 0.878. The average molecular weight is 310 g/mol. The lowest BCUT2D eigenvalue weighted by Gasteiger charge is -2.12. The number of fused-ring (bicyclic) bond motifs is 3. The molecule has 0 bridgehead atoms. The van der Waals surface area contributed by atoms with Crippen molar-refractivity contribution in [3.63, 3.8) is 0 Å². The molecule has 0 saturated carbocycles. The van der Waals surface area contributed by atoms with E-state index < -0.39 is 11.9 Å². The summed E-state index contributed by atoms with van der Waals surface area (Å²) in [4.78, 5) is 23.1. The molecule has 0 heterocycles. The number of benzene rings is 2. The van der Waals surface area contributed by atoms with Crippen molar-refractivity contribution in [1.29, 1.82) is 0 Å². The summed E-state index contributed by atoms with van der Waals surface area (Å²) in [6.45, 7) is 4.10. The molecular weight excluding hydrogens is 292 g/mol. The van der Waals surface area contributed by atoms with Crippen molar-refractivity contribution in [2.24, 2.45) is 0 Å². The smallest absolute Gasteiger partial charge is 0.337 e. The topological polar surface area (TPSA) is 63.6 Å². The van der Waals surface area contributed by atoms with Crippen LogP contribution in [-0.2, 0) is 9.53 Å². The number of carboxylic acids is 1. The van der Waals surface area contributed by atoms with Gasteiger partial charge in [0.15, 0.2) is 0 Å². The summed E-state index contributed by atoms with van der Waals surface area (Å²) >= 11 is 0. The summed E-state index contributed by atoms with van der Waals surface area (Å²) in [7, 11) is 1.34. The number of aryl methyl sites for hydroxylation is 1. The average Bonchev–Trinajstić information content (AvgIpc) is 2.83. The van der Waals surface area contributed by atoms with Gasteiger partial charge >= 0.3 is 11.9 Å². The second-order valence-electron chi connectivity index (χ2n) is 5.92. The fraction of sp³-hybridized carbons (Fsp3) is 0.263. The molecule has 118 valence electrons. The van der Waals surface area contributed by atoms with E-state index in [4.69, 9.17) is 4.74 Å². The van der Waals surface area contributed by atoms with Gasteiger partial charge in [0.25, 0.3) is 0 Å². The molecule has 3 rings (SSSR count). The van der Waals surface area contributed by atoms with Crippen LogP contribution in [-0.4, -0.2) is 24.2 Å². The van der Waals surface area contributed by atoms with Crippen molar-refractivity contribution in [1.82, 2.24) is 0 Å². The summed E-state index contributed by atoms with van der Waals surface area (Å²) in [6, 6.07) is 9.43. The van der Waals surface area contributed by atoms with Gasteiger partial charge in [-0.25, -0.2) is 4.79 Å². The monoisotopic (exact) mass is 310 g/mol. The number of hydrogen-bond donors (Lipinski definition) is 1. The van der Waals surface area contributed by atoms with Crippen molar-refractivity contribution >= 4 is 11.9 Å². The van der Waals surface area contributed by atoms with Crippen LogP contribution in [0.5, 0.6) is 0 Å². The summed E-state index contributed by atoms with van der Waals surface area (Å²) in [6.07, 6.45) is 0.00707. The summed E-state index contributed by atoms with van der Waals surface area (Å²) in [5.41, 5.74) is 6.79. The Hall–Kier alpha value is -2.62. The Bertz CT molecular complexity index is 820. The van der Waals surface area contributed by atoms with Crippen LogP contribution in [0.25, 0.3) is 11.1 Å². The van der Waals surface area contributed by atoms with E-state index in [1.807, 2.05) is 25.1 Å². The van der Waals surface area contributed by atoms with E-state index in [-0.39, 0.29) is 12.3 Å². The van der Waals surface area contributed by atoms with Crippen molar-refractivity contribution in [3.8, 4) is 11.1 Å². The third kappa shape index (κ3) is 2.40. The standard InChI is InChI=1S/C19H18O4/c1-10-4-6-13-16(9-17(20)21)15-8-12(19(22)23-3)5-7-14(15)18(13)11(10)2/h4-8,16H,9H2,1-3H3,(H,20,21). The van der Waals surface area contributed by atoms with E-state index >= 15 is 0 Å². The first-order valence-electron chi connectivity index (χ1n) is 7.48. The predicted molar refractivity (Wildman–Crippen MR) is 86.8 cm³/mol. The molecule has 1 aliphatic rings. The number of esters is 1. The van der Waals surface area contributed by atoms with Crippen LogP contribution >= 0.6 is 0 Å². The van der Waals surface area contributed by atoms with Gasteiger partial charge in [-0.3, -0.25) is 4.79 Å². The Morgan fingerprint density at radius 3 is 2.52 bits per heavy atom. The molecule has 2 aromatic rings. The summed E-state index contributed by atoms with van der Waals surface area (Å²) in [5.74, 6) is -1.50. The Labute approximate surface area is 134 Å². The maximum absolute atomic E-state index is 11.8. The molecule has 4 nitrogen and oxygen atoms in total. The largest absolute Gasteiger partial charge is 0.481 e. The molecule has 0 spiro atoms. The molecule has 0 aliphatic heterocycles. The van der Waals surface area contributed by atoms with Crippen LogP contribution in [0.2, 0.25) is 0 Å². The van der Waals surface area contributed by atoms with Gasteiger partial charge in [-0.2, -0.15) is 0 Å². The van der Waals surface area contributed by atoms with Crippen molar-refractivity contribution in [2.75, 3.05) is 7.11 Å². The predicted octanol–water partition coefficient (Wildman–Crippen LogP) is 3.68. The van der Waals surface area contributed by atoms with Gasteiger partial charge in [0.2, 0.25) is 0 Å². The van der Waals surface area contributed by atoms with E-state index in [2.05, 4.69) is 6.92 Å². The lowest BCUT2D eigenvalue weighted by atomic mass is 9.91. The van der Waals surface area contributed by atoms with Gasteiger partial charge in [-0.15, -0.1) is 0 Å². The Balaban J connectivity index is 2.23. The van der Waals surface area contributed by atoms with Gasteiger partial charge in [0, 0.05) is 5.92 Å². The molecule has 0 amide bonds. The minimum absolute atomic E-state index is 0.00707. The number of carbonyl (C=O) groups excluding carboxylic acids is 1. The highest BCUT2D eigenvalue weighted by Gasteiger charge is 2.32. The maximum Gasteiger partial charge on any atom is 0.337 e. The van der Waals surface area contributed by atoms with E-state index in [0.29, 0.717) is 5.56 Å². The zero-order valence-electron chi connectivity index (χ0n) is 13.3. The lowest BCUT2D eigenvalue weighted by Crippen LogP contribution is -2.07. The first-order chi connectivity index (χ1) is 10.9. The van der Waals surface area contributed by atoms with Crippen LogP contribution in [0.15, 0.2) is 30.3 Å². The van der Waals surface area contributed by atoms with Gasteiger partial charge in [0.1, 0.15) is 0 Å². The Kier molecular flexibility index (Phi) is 3.68. The highest BCUT2D eigenvalue weighted by molar-refractivity contribution is 5.93. The van der Waals surface area contributed by atoms with Crippen LogP contribution in [0.1, 0.15) is 45.0 Å². The first kappa shape index (κ1) is 15.3. The normalized spacial score (nSPS) is 15.0. The Morgan fingerprint density at radius 2 is 1.87 bits per heavy atom. The first-order valence-corrected chi connectivity index (χ1v) is 7.48. The number of carbonyl (C=O) groups is 2. The van der Waals surface area contributed by atoms with E-state index in [1.54, 1.807) is 12.1 Å². The number of carboxylic acid groups (broad SMARTS) is 1. The molecule has 2 aromatic carbocycles. The van der Waals surface area contributed by atoms with Crippen LogP contribution in [0.3, 0.4) is 0 Å². The van der Waals surface area contributed by atoms with Crippen LogP contribution in [0.4, 0.5) is 0 Å². The van der Waals surface area contributed by atoms with Crippen LogP contribution < -0.4 is 0 Å². The molecule has 0 aromatic heterocycles. The second-order valence-corrected chi connectivity index (χ2v) is 5.92. The number of aliphatic carboxylic acids is 1. The minimum Gasteiger partial charge on any atom is -0.481 e. The molecular formula is C19H18O4. The van der Waals surface area contributed by atoms with Gasteiger partial charge in [-0.1, -0.05) is 18.2 Å². The van der Waals surface area contributed by atoms with E-state index in [1.165, 1.54) is 12.7 Å². The lowest BCUT2D eigenvalue weighted by molar-refractivity contribution is -0.137. The highest BCUT2D eigenvalue weighted by Crippen LogP contribution is 2.48. The molecule has 1 N–H and O–H groups in total. The zero-order valence-corrected chi connectivity index (χ0v) is 13.3. The van der Waals surface area contributed by atoms with Gasteiger partial charge < -0.3 is 9.84 Å². The van der Waals surface area contributed by atoms with Gasteiger partial charge in [0.05, 0.1) is 19.1 Å². The molecule has 4 heteroatoms. The van der Waals surface area contributed by atoms with E-state index in [9.17, 15) is 14.7 Å². The number of hydrogen-bond acceptors (Lipinski definition) is 3. The van der Waals surface area contributed by atoms with Crippen LogP contribution in [0, 0.1) is 13.8 Å². The minimum atomic E-state index is -0.851. The molecule has 0 fully saturated rings. The van der Waals surface area contributed by atoms with Gasteiger partial charge in [-0.05, 0) is 59.4 Å². The summed E-state index contributed by atoms with van der Waals surface area (Å²) < 4.78 is 4.78. The van der Waals surface area contributed by atoms with Crippen molar-refractivity contribution in [3.05, 3.63) is 58.1 Å². The summed E-state index contributed by atoms with van der Waals surface area (Å²) in [5, 5.41) is 9.28. The molecule has 1 aliphatic carbocycles. The maximum atomic E-state index is 11.8. The highest BCUT2D eigenvalue weighted by atomic mass is 16.5. The third-order valence-electron chi connectivity index (χ3n) is 4.64. The number of rotatable bonds is 3. The number of methoxy groups -OCH3 is 1. The zero-order chi connectivity index (χ0) is 16.7. The number of ether oxygens (including phenoxy) is 1. The second kappa shape index (κ2) is 5.54. The molecule has 1 unspecified atom stereocenters. The van der Waals surface area contributed by atoms with E-state index in [0.717, 1.165) is 27.8 Å². The molecule has 23 heavy (non-hydrogen) atoms. The fourth-order valence-corrected chi connectivity index (χ4v) is 3.37. The van der Waals surface area contributed by atoms with Crippen molar-refractivity contribution < 1.29 is 19.4 Å². The Morgan fingerprint density at radius 1 is 1.13 bits per heavy atom. The van der Waals surface area contributed by atoms with Crippen molar-refractivity contribution in [2.45, 2.75) is 26.2 Å².